The minimum absolute atomic E-state index is 0.128. The van der Waals surface area contributed by atoms with E-state index in [2.05, 4.69) is 4.90 Å². The van der Waals surface area contributed by atoms with Crippen molar-refractivity contribution in [2.24, 2.45) is 5.41 Å². The Morgan fingerprint density at radius 2 is 1.96 bits per heavy atom. The van der Waals surface area contributed by atoms with Gasteiger partial charge in [0.25, 0.3) is 5.91 Å². The normalized spacial score (nSPS) is 23.8. The summed E-state index contributed by atoms with van der Waals surface area (Å²) in [5.74, 6) is -0.00998. The Kier molecular flexibility index (Phi) is 5.42. The van der Waals surface area contributed by atoms with E-state index in [4.69, 9.17) is 4.74 Å². The summed E-state index contributed by atoms with van der Waals surface area (Å²) < 4.78 is 5.06. The number of rotatable bonds is 4. The molecule has 2 fully saturated rings. The highest BCUT2D eigenvalue weighted by Crippen LogP contribution is 2.39. The molecule has 3 rings (SSSR count). The van der Waals surface area contributed by atoms with Gasteiger partial charge in [-0.05, 0) is 51.3 Å². The molecular formula is C20H28N2O3. The molecule has 1 atom stereocenters. The lowest BCUT2D eigenvalue weighted by molar-refractivity contribution is -0.144. The quantitative estimate of drug-likeness (QED) is 0.788. The average molecular weight is 344 g/mol. The molecule has 1 amide bonds. The molecule has 2 heterocycles. The van der Waals surface area contributed by atoms with Gasteiger partial charge in [-0.3, -0.25) is 14.5 Å². The van der Waals surface area contributed by atoms with Crippen molar-refractivity contribution in [2.45, 2.75) is 33.1 Å². The van der Waals surface area contributed by atoms with E-state index in [0.717, 1.165) is 56.6 Å². The van der Waals surface area contributed by atoms with Crippen LogP contribution in [0.4, 0.5) is 0 Å². The van der Waals surface area contributed by atoms with E-state index in [1.807, 2.05) is 43.0 Å². The molecule has 5 nitrogen and oxygen atoms in total. The van der Waals surface area contributed by atoms with Crippen molar-refractivity contribution in [2.75, 3.05) is 39.3 Å². The molecule has 25 heavy (non-hydrogen) atoms. The highest BCUT2D eigenvalue weighted by molar-refractivity contribution is 5.95. The molecule has 0 saturated carbocycles. The van der Waals surface area contributed by atoms with Gasteiger partial charge in [0, 0.05) is 30.6 Å². The van der Waals surface area contributed by atoms with Crippen LogP contribution in [-0.4, -0.2) is 61.0 Å². The predicted molar refractivity (Wildman–Crippen MR) is 96.4 cm³/mol. The summed E-state index contributed by atoms with van der Waals surface area (Å²) >= 11 is 0. The van der Waals surface area contributed by atoms with Crippen LogP contribution in [0, 0.1) is 12.3 Å². The summed E-state index contributed by atoms with van der Waals surface area (Å²) in [5.41, 5.74) is 1.96. The number of hydrogen-bond acceptors (Lipinski definition) is 4. The molecule has 0 bridgehead atoms. The number of likely N-dealkylation sites (tertiary alicyclic amines) is 2. The number of amides is 1. The van der Waals surface area contributed by atoms with Gasteiger partial charge in [0.2, 0.25) is 0 Å². The Hall–Kier alpha value is -1.88. The fraction of sp³-hybridized carbons (Fsp3) is 0.600. The van der Waals surface area contributed by atoms with Gasteiger partial charge in [-0.2, -0.15) is 0 Å². The predicted octanol–water partition coefficient (Wildman–Crippen LogP) is 2.49. The van der Waals surface area contributed by atoms with Gasteiger partial charge < -0.3 is 9.64 Å². The molecule has 5 heteroatoms. The summed E-state index contributed by atoms with van der Waals surface area (Å²) in [6.45, 7) is 8.02. The topological polar surface area (TPSA) is 49.9 Å². The molecule has 2 aliphatic heterocycles. The lowest BCUT2D eigenvalue weighted by Crippen LogP contribution is -2.47. The van der Waals surface area contributed by atoms with E-state index in [1.54, 1.807) is 0 Å². The fourth-order valence-electron chi connectivity index (χ4n) is 4.25. The highest BCUT2D eigenvalue weighted by Gasteiger charge is 2.43. The maximum absolute atomic E-state index is 12.9. The second-order valence-electron chi connectivity index (χ2n) is 7.41. The van der Waals surface area contributed by atoms with E-state index < -0.39 is 0 Å². The summed E-state index contributed by atoms with van der Waals surface area (Å²) in [4.78, 5) is 28.9. The number of benzene rings is 1. The van der Waals surface area contributed by atoms with E-state index in [9.17, 15) is 9.59 Å². The number of ether oxygens (including phenoxy) is 1. The summed E-state index contributed by atoms with van der Waals surface area (Å²) in [6.07, 6.45) is 3.21. The first-order chi connectivity index (χ1) is 12.0. The average Bonchev–Trinajstić information content (AvgIpc) is 2.96. The Morgan fingerprint density at radius 1 is 1.16 bits per heavy atom. The first kappa shape index (κ1) is 17.9. The number of hydrogen-bond donors (Lipinski definition) is 0. The maximum Gasteiger partial charge on any atom is 0.320 e. The third-order valence-corrected chi connectivity index (χ3v) is 5.50. The maximum atomic E-state index is 12.9. The number of aryl methyl sites for hydroxylation is 1. The second kappa shape index (κ2) is 7.56. The van der Waals surface area contributed by atoms with Crippen molar-refractivity contribution in [1.29, 1.82) is 0 Å². The smallest absolute Gasteiger partial charge is 0.320 e. The first-order valence-corrected chi connectivity index (χ1v) is 9.26. The standard InChI is InChI=1S/C20H28N2O3/c1-3-25-18(23)13-21-12-10-20(14-21)9-6-11-22(15-20)19(24)17-8-5-4-7-16(17)2/h4-5,7-8H,3,6,9-15H2,1-2H3/t20-/m0/s1. The van der Waals surface area contributed by atoms with E-state index in [-0.39, 0.29) is 17.3 Å². The van der Waals surface area contributed by atoms with Gasteiger partial charge >= 0.3 is 5.97 Å². The largest absolute Gasteiger partial charge is 0.465 e. The van der Waals surface area contributed by atoms with Gasteiger partial charge in [-0.1, -0.05) is 18.2 Å². The molecule has 0 N–H and O–H groups in total. The SMILES string of the molecule is CCOC(=O)CN1CC[C@@]2(CCCN(C(=O)c3ccccc3C)C2)C1. The number of nitrogens with zero attached hydrogens (tertiary/aromatic N) is 2. The lowest BCUT2D eigenvalue weighted by atomic mass is 9.79. The van der Waals surface area contributed by atoms with Gasteiger partial charge in [-0.25, -0.2) is 0 Å². The van der Waals surface area contributed by atoms with Crippen molar-refractivity contribution in [3.8, 4) is 0 Å². The second-order valence-corrected chi connectivity index (χ2v) is 7.41. The molecule has 136 valence electrons. The Bertz CT molecular complexity index is 646. The number of piperidine rings is 1. The van der Waals surface area contributed by atoms with Crippen molar-refractivity contribution in [3.63, 3.8) is 0 Å². The third kappa shape index (κ3) is 4.03. The molecule has 0 radical (unpaired) electrons. The van der Waals surface area contributed by atoms with Crippen molar-refractivity contribution >= 4 is 11.9 Å². The van der Waals surface area contributed by atoms with Crippen molar-refractivity contribution in [1.82, 2.24) is 9.80 Å². The minimum Gasteiger partial charge on any atom is -0.465 e. The summed E-state index contributed by atoms with van der Waals surface area (Å²) in [6, 6.07) is 7.80. The van der Waals surface area contributed by atoms with Crippen LogP contribution < -0.4 is 0 Å². The van der Waals surface area contributed by atoms with Crippen LogP contribution in [0.1, 0.15) is 42.1 Å². The van der Waals surface area contributed by atoms with Crippen LogP contribution in [0.25, 0.3) is 0 Å². The van der Waals surface area contributed by atoms with Crippen LogP contribution in [0.3, 0.4) is 0 Å². The molecule has 0 aliphatic carbocycles. The van der Waals surface area contributed by atoms with Crippen molar-refractivity contribution in [3.05, 3.63) is 35.4 Å². The van der Waals surface area contributed by atoms with E-state index in [0.29, 0.717) is 13.2 Å². The fourth-order valence-corrected chi connectivity index (χ4v) is 4.25. The van der Waals surface area contributed by atoms with Crippen LogP contribution in [-0.2, 0) is 9.53 Å². The Balaban J connectivity index is 1.64. The molecule has 0 aromatic heterocycles. The van der Waals surface area contributed by atoms with Crippen LogP contribution in [0.5, 0.6) is 0 Å². The van der Waals surface area contributed by atoms with Crippen LogP contribution in [0.2, 0.25) is 0 Å². The van der Waals surface area contributed by atoms with Crippen LogP contribution >= 0.6 is 0 Å². The molecule has 1 aromatic carbocycles. The number of carbonyl (C=O) groups is 2. The van der Waals surface area contributed by atoms with Gasteiger partial charge in [0.05, 0.1) is 13.2 Å². The Labute approximate surface area is 149 Å². The molecule has 2 aliphatic rings. The highest BCUT2D eigenvalue weighted by atomic mass is 16.5. The monoisotopic (exact) mass is 344 g/mol. The zero-order valence-electron chi connectivity index (χ0n) is 15.3. The third-order valence-electron chi connectivity index (χ3n) is 5.50. The molecule has 0 unspecified atom stereocenters. The van der Waals surface area contributed by atoms with Gasteiger partial charge in [0.15, 0.2) is 0 Å². The summed E-state index contributed by atoms with van der Waals surface area (Å²) in [7, 11) is 0. The van der Waals surface area contributed by atoms with E-state index in [1.165, 1.54) is 0 Å². The van der Waals surface area contributed by atoms with Crippen molar-refractivity contribution < 1.29 is 14.3 Å². The number of carbonyl (C=O) groups excluding carboxylic acids is 2. The minimum atomic E-state index is -0.150. The number of esters is 1. The van der Waals surface area contributed by atoms with Crippen LogP contribution in [0.15, 0.2) is 24.3 Å². The summed E-state index contributed by atoms with van der Waals surface area (Å²) in [5, 5.41) is 0. The zero-order chi connectivity index (χ0) is 17.9. The molecular weight excluding hydrogens is 316 g/mol. The first-order valence-electron chi connectivity index (χ1n) is 9.26. The molecule has 1 spiro atoms. The zero-order valence-corrected chi connectivity index (χ0v) is 15.3. The van der Waals surface area contributed by atoms with Gasteiger partial charge in [0.1, 0.15) is 0 Å². The van der Waals surface area contributed by atoms with E-state index >= 15 is 0 Å². The lowest BCUT2D eigenvalue weighted by Gasteiger charge is -2.40. The molecule has 2 saturated heterocycles. The van der Waals surface area contributed by atoms with Gasteiger partial charge in [-0.15, -0.1) is 0 Å². The Morgan fingerprint density at radius 3 is 2.72 bits per heavy atom. The molecule has 1 aromatic rings.